The van der Waals surface area contributed by atoms with Crippen LogP contribution in [0.25, 0.3) is 0 Å². The predicted molar refractivity (Wildman–Crippen MR) is 75.4 cm³/mol. The summed E-state index contributed by atoms with van der Waals surface area (Å²) >= 11 is 5.93. The molecule has 2 rings (SSSR count). The highest BCUT2D eigenvalue weighted by Crippen LogP contribution is 2.24. The molecule has 0 saturated heterocycles. The fourth-order valence-corrected chi connectivity index (χ4v) is 3.11. The highest BCUT2D eigenvalue weighted by Gasteiger charge is 2.29. The van der Waals surface area contributed by atoms with Gasteiger partial charge in [-0.05, 0) is 11.6 Å². The van der Waals surface area contributed by atoms with Gasteiger partial charge in [-0.25, -0.2) is 8.42 Å². The van der Waals surface area contributed by atoms with Crippen LogP contribution in [0.1, 0.15) is 11.6 Å². The molecular formula is C12H12ClN3O4S. The van der Waals surface area contributed by atoms with Crippen molar-refractivity contribution < 1.29 is 18.3 Å². The Labute approximate surface area is 126 Å². The lowest BCUT2D eigenvalue weighted by Gasteiger charge is -2.15. The molecule has 1 aromatic carbocycles. The van der Waals surface area contributed by atoms with Crippen LogP contribution in [0.3, 0.4) is 0 Å². The smallest absolute Gasteiger partial charge is 0.326 e. The summed E-state index contributed by atoms with van der Waals surface area (Å²) in [6, 6.07) is 4.66. The number of carbonyl (C=O) groups is 1. The van der Waals surface area contributed by atoms with Gasteiger partial charge in [-0.1, -0.05) is 29.8 Å². The van der Waals surface area contributed by atoms with Crippen LogP contribution in [0.2, 0.25) is 5.02 Å². The monoisotopic (exact) mass is 329 g/mol. The molecule has 1 heterocycles. The number of benzene rings is 1. The Morgan fingerprint density at radius 3 is 2.62 bits per heavy atom. The van der Waals surface area contributed by atoms with Crippen LogP contribution in [0.5, 0.6) is 0 Å². The van der Waals surface area contributed by atoms with Gasteiger partial charge >= 0.3 is 5.97 Å². The van der Waals surface area contributed by atoms with Crippen molar-refractivity contribution in [3.05, 3.63) is 47.2 Å². The summed E-state index contributed by atoms with van der Waals surface area (Å²) < 4.78 is 27.8. The average molecular weight is 330 g/mol. The van der Waals surface area contributed by atoms with Gasteiger partial charge in [0.05, 0.1) is 6.20 Å². The molecule has 0 bridgehead atoms. The first-order chi connectivity index (χ1) is 9.81. The maximum absolute atomic E-state index is 12.2. The normalized spacial score (nSPS) is 13.0. The van der Waals surface area contributed by atoms with Crippen molar-refractivity contribution in [2.45, 2.75) is 10.9 Å². The number of hydrogen-bond acceptors (Lipinski definition) is 4. The van der Waals surface area contributed by atoms with Crippen LogP contribution in [-0.4, -0.2) is 29.3 Å². The summed E-state index contributed by atoms with van der Waals surface area (Å²) in [5.41, 5.74) is 0.166. The molecule has 0 amide bonds. The summed E-state index contributed by atoms with van der Waals surface area (Å²) in [7, 11) is -2.46. The quantitative estimate of drug-likeness (QED) is 0.857. The van der Waals surface area contributed by atoms with Gasteiger partial charge in [0.15, 0.2) is 0 Å². The molecule has 1 atom stereocenters. The molecule has 112 valence electrons. The van der Waals surface area contributed by atoms with E-state index in [0.717, 1.165) is 6.20 Å². The second-order valence-corrected chi connectivity index (χ2v) is 6.38. The maximum atomic E-state index is 12.2. The molecule has 7 nitrogen and oxygen atoms in total. The van der Waals surface area contributed by atoms with Crippen molar-refractivity contribution in [1.82, 2.24) is 14.5 Å². The Morgan fingerprint density at radius 1 is 1.43 bits per heavy atom. The standard InChI is InChI=1S/C12H12ClN3O4S/c1-16-7-8(6-14-16)21(19,20)15-11(12(17)18)9-4-2-3-5-10(9)13/h2-7,11,15H,1H3,(H,17,18)/t11-/m1/s1. The first-order valence-electron chi connectivity index (χ1n) is 5.79. The van der Waals surface area contributed by atoms with Crippen LogP contribution in [0.15, 0.2) is 41.6 Å². The number of aromatic nitrogens is 2. The lowest BCUT2D eigenvalue weighted by molar-refractivity contribution is -0.139. The van der Waals surface area contributed by atoms with Crippen molar-refractivity contribution in [3.63, 3.8) is 0 Å². The van der Waals surface area contributed by atoms with E-state index in [-0.39, 0.29) is 15.5 Å². The van der Waals surface area contributed by atoms with Gasteiger partial charge in [0, 0.05) is 18.3 Å². The van der Waals surface area contributed by atoms with Crippen LogP contribution < -0.4 is 4.72 Å². The summed E-state index contributed by atoms with van der Waals surface area (Å²) in [4.78, 5) is 11.2. The predicted octanol–water partition coefficient (Wildman–Crippen LogP) is 1.18. The van der Waals surface area contributed by atoms with Crippen LogP contribution in [0, 0.1) is 0 Å². The number of halogens is 1. The lowest BCUT2D eigenvalue weighted by Crippen LogP contribution is -2.33. The van der Waals surface area contributed by atoms with Gasteiger partial charge in [-0.3, -0.25) is 9.48 Å². The number of nitrogens with zero attached hydrogens (tertiary/aromatic N) is 2. The largest absolute Gasteiger partial charge is 0.480 e. The van der Waals surface area contributed by atoms with E-state index in [1.807, 2.05) is 0 Å². The average Bonchev–Trinajstić information content (AvgIpc) is 2.84. The number of hydrogen-bond donors (Lipinski definition) is 2. The van der Waals surface area contributed by atoms with E-state index < -0.39 is 22.0 Å². The summed E-state index contributed by atoms with van der Waals surface area (Å²) in [6.45, 7) is 0. The number of nitrogens with one attached hydrogen (secondary N) is 1. The third-order valence-electron chi connectivity index (χ3n) is 2.73. The highest BCUT2D eigenvalue weighted by molar-refractivity contribution is 7.89. The second-order valence-electron chi connectivity index (χ2n) is 4.26. The van der Waals surface area contributed by atoms with Crippen molar-refractivity contribution in [1.29, 1.82) is 0 Å². The van der Waals surface area contributed by atoms with Crippen molar-refractivity contribution in [2.75, 3.05) is 0 Å². The second kappa shape index (κ2) is 5.84. The molecular weight excluding hydrogens is 318 g/mol. The minimum Gasteiger partial charge on any atom is -0.480 e. The highest BCUT2D eigenvalue weighted by atomic mass is 35.5. The molecule has 0 unspecified atom stereocenters. The Kier molecular flexibility index (Phi) is 4.31. The van der Waals surface area contributed by atoms with Crippen LogP contribution in [-0.2, 0) is 21.9 Å². The number of sulfonamides is 1. The van der Waals surface area contributed by atoms with E-state index in [0.29, 0.717) is 0 Å². The zero-order valence-electron chi connectivity index (χ0n) is 10.9. The van der Waals surface area contributed by atoms with E-state index in [4.69, 9.17) is 11.6 Å². The lowest BCUT2D eigenvalue weighted by atomic mass is 10.1. The van der Waals surface area contributed by atoms with Crippen molar-refractivity contribution in [3.8, 4) is 0 Å². The molecule has 0 fully saturated rings. The van der Waals surface area contributed by atoms with Crippen molar-refractivity contribution >= 4 is 27.6 Å². The van der Waals surface area contributed by atoms with Crippen molar-refractivity contribution in [2.24, 2.45) is 7.05 Å². The number of aliphatic carboxylic acids is 1. The Balaban J connectivity index is 2.38. The minimum absolute atomic E-state index is 0.122. The van der Waals surface area contributed by atoms with E-state index in [1.165, 1.54) is 23.0 Å². The molecule has 2 aromatic rings. The molecule has 0 aliphatic rings. The van der Waals surface area contributed by atoms with Gasteiger partial charge in [-0.2, -0.15) is 9.82 Å². The van der Waals surface area contributed by atoms with E-state index >= 15 is 0 Å². The van der Waals surface area contributed by atoms with Gasteiger partial charge in [0.1, 0.15) is 10.9 Å². The van der Waals surface area contributed by atoms with Gasteiger partial charge in [0.25, 0.3) is 0 Å². The minimum atomic E-state index is -4.02. The summed E-state index contributed by atoms with van der Waals surface area (Å²) in [5.74, 6) is -1.35. The number of carboxylic acid groups (broad SMARTS) is 1. The van der Waals surface area contributed by atoms with Crippen LogP contribution in [0.4, 0.5) is 0 Å². The van der Waals surface area contributed by atoms with E-state index in [9.17, 15) is 18.3 Å². The number of aryl methyl sites for hydroxylation is 1. The molecule has 0 aliphatic carbocycles. The van der Waals surface area contributed by atoms with Gasteiger partial charge < -0.3 is 5.11 Å². The molecule has 1 aromatic heterocycles. The Hall–Kier alpha value is -1.90. The van der Waals surface area contributed by atoms with Crippen LogP contribution >= 0.6 is 11.6 Å². The first-order valence-corrected chi connectivity index (χ1v) is 7.65. The fraction of sp³-hybridized carbons (Fsp3) is 0.167. The van der Waals surface area contributed by atoms with E-state index in [1.54, 1.807) is 19.2 Å². The molecule has 21 heavy (non-hydrogen) atoms. The SMILES string of the molecule is Cn1cc(S(=O)(=O)N[C@@H](C(=O)O)c2ccccc2Cl)cn1. The topological polar surface area (TPSA) is 101 Å². The Bertz CT molecular complexity index is 772. The molecule has 0 saturated carbocycles. The summed E-state index contributed by atoms with van der Waals surface area (Å²) in [6.07, 6.45) is 2.40. The van der Waals surface area contributed by atoms with Gasteiger partial charge in [0.2, 0.25) is 10.0 Å². The van der Waals surface area contributed by atoms with Gasteiger partial charge in [-0.15, -0.1) is 0 Å². The van der Waals surface area contributed by atoms with E-state index in [2.05, 4.69) is 9.82 Å². The molecule has 2 N–H and O–H groups in total. The first kappa shape index (κ1) is 15.5. The zero-order chi connectivity index (χ0) is 15.6. The molecule has 0 aliphatic heterocycles. The fourth-order valence-electron chi connectivity index (χ4n) is 1.72. The molecule has 0 spiro atoms. The summed E-state index contributed by atoms with van der Waals surface area (Å²) in [5, 5.41) is 13.2. The number of carboxylic acids is 1. The maximum Gasteiger partial charge on any atom is 0.326 e. The zero-order valence-corrected chi connectivity index (χ0v) is 12.5. The Morgan fingerprint density at radius 2 is 2.10 bits per heavy atom. The third kappa shape index (κ3) is 3.41. The number of rotatable bonds is 5. The molecule has 9 heteroatoms. The third-order valence-corrected chi connectivity index (χ3v) is 4.45. The molecule has 0 radical (unpaired) electrons.